The van der Waals surface area contributed by atoms with Gasteiger partial charge in [-0.15, -0.1) is 0 Å². The summed E-state index contributed by atoms with van der Waals surface area (Å²) in [5.74, 6) is 0.276. The van der Waals surface area contributed by atoms with E-state index in [0.717, 1.165) is 25.9 Å². The van der Waals surface area contributed by atoms with E-state index in [0.29, 0.717) is 5.16 Å². The number of nitrogens with two attached hydrogens (primary N) is 1. The minimum Gasteiger partial charge on any atom is -0.382 e. The molecule has 0 radical (unpaired) electrons. The highest BCUT2D eigenvalue weighted by Gasteiger charge is 2.23. The molecule has 1 atom stereocenters. The van der Waals surface area contributed by atoms with E-state index in [1.54, 1.807) is 0 Å². The first-order valence-corrected chi connectivity index (χ1v) is 7.98. The molecule has 6 nitrogen and oxygen atoms in total. The van der Waals surface area contributed by atoms with Crippen molar-refractivity contribution in [2.45, 2.75) is 43.0 Å². The van der Waals surface area contributed by atoms with Crippen LogP contribution < -0.4 is 5.73 Å². The highest BCUT2D eigenvalue weighted by Crippen LogP contribution is 2.23. The Balaban J connectivity index is 2.00. The number of thioether (sulfide) groups is 1. The van der Waals surface area contributed by atoms with Crippen LogP contribution in [-0.4, -0.2) is 39.1 Å². The summed E-state index contributed by atoms with van der Waals surface area (Å²) in [7, 11) is 0. The molecule has 1 aliphatic heterocycles. The molecule has 7 heteroatoms. The van der Waals surface area contributed by atoms with Crippen LogP contribution in [0.3, 0.4) is 0 Å². The Morgan fingerprint density at radius 3 is 2.67 bits per heavy atom. The molecule has 1 fully saturated rings. The minimum absolute atomic E-state index is 0.119. The molecular weight excluding hydrogens is 286 g/mol. The third-order valence-electron chi connectivity index (χ3n) is 3.46. The standard InChI is InChI=1S/C14H19N5OS/c1-10(13(20)19-6-4-2-3-5-7-19)21-14-17-9-11(8-15)12(16)18-14/h9-10H,2-7H2,1H3,(H2,16,17,18)/t10-/m1/s1. The van der Waals surface area contributed by atoms with Crippen molar-refractivity contribution in [3.63, 3.8) is 0 Å². The van der Waals surface area contributed by atoms with Crippen molar-refractivity contribution >= 4 is 23.5 Å². The molecule has 1 saturated heterocycles. The summed E-state index contributed by atoms with van der Waals surface area (Å²) >= 11 is 1.28. The lowest BCUT2D eigenvalue weighted by molar-refractivity contribution is -0.130. The molecule has 0 saturated carbocycles. The molecule has 2 N–H and O–H groups in total. The average Bonchev–Trinajstić information content (AvgIpc) is 2.75. The first kappa shape index (κ1) is 15.6. The quantitative estimate of drug-likeness (QED) is 0.676. The molecule has 1 aliphatic rings. The smallest absolute Gasteiger partial charge is 0.235 e. The van der Waals surface area contributed by atoms with Gasteiger partial charge in [-0.25, -0.2) is 9.97 Å². The Bertz CT molecular complexity index is 549. The number of hydrogen-bond acceptors (Lipinski definition) is 6. The van der Waals surface area contributed by atoms with Crippen molar-refractivity contribution in [1.29, 1.82) is 5.26 Å². The predicted molar refractivity (Wildman–Crippen MR) is 81.5 cm³/mol. The zero-order chi connectivity index (χ0) is 15.2. The van der Waals surface area contributed by atoms with Crippen LogP contribution in [0.4, 0.5) is 5.82 Å². The van der Waals surface area contributed by atoms with Crippen molar-refractivity contribution in [3.8, 4) is 6.07 Å². The molecule has 0 spiro atoms. The van der Waals surface area contributed by atoms with Crippen LogP contribution >= 0.6 is 11.8 Å². The first-order chi connectivity index (χ1) is 10.1. The van der Waals surface area contributed by atoms with E-state index in [2.05, 4.69) is 9.97 Å². The molecule has 1 aromatic heterocycles. The molecule has 2 rings (SSSR count). The number of nitrogen functional groups attached to an aromatic ring is 1. The van der Waals surface area contributed by atoms with E-state index in [4.69, 9.17) is 11.0 Å². The van der Waals surface area contributed by atoms with Gasteiger partial charge in [0.25, 0.3) is 0 Å². The molecule has 2 heterocycles. The van der Waals surface area contributed by atoms with Gasteiger partial charge in [0, 0.05) is 13.1 Å². The summed E-state index contributed by atoms with van der Waals surface area (Å²) < 4.78 is 0. The van der Waals surface area contributed by atoms with Crippen LogP contribution in [0.25, 0.3) is 0 Å². The second-order valence-corrected chi connectivity index (χ2v) is 6.37. The number of aromatic nitrogens is 2. The number of amides is 1. The first-order valence-electron chi connectivity index (χ1n) is 7.10. The van der Waals surface area contributed by atoms with E-state index in [-0.39, 0.29) is 22.5 Å². The van der Waals surface area contributed by atoms with Crippen molar-refractivity contribution in [3.05, 3.63) is 11.8 Å². The number of carbonyl (C=O) groups is 1. The molecule has 0 aromatic carbocycles. The zero-order valence-corrected chi connectivity index (χ0v) is 12.9. The monoisotopic (exact) mass is 305 g/mol. The highest BCUT2D eigenvalue weighted by atomic mass is 32.2. The second-order valence-electron chi connectivity index (χ2n) is 5.06. The Labute approximate surface area is 128 Å². The lowest BCUT2D eigenvalue weighted by Gasteiger charge is -2.23. The zero-order valence-electron chi connectivity index (χ0n) is 12.1. The van der Waals surface area contributed by atoms with Crippen LogP contribution in [0.5, 0.6) is 0 Å². The van der Waals surface area contributed by atoms with Gasteiger partial charge in [-0.05, 0) is 19.8 Å². The maximum atomic E-state index is 12.4. The number of nitriles is 1. The fourth-order valence-electron chi connectivity index (χ4n) is 2.28. The molecule has 0 aliphatic carbocycles. The van der Waals surface area contributed by atoms with E-state index in [9.17, 15) is 4.79 Å². The van der Waals surface area contributed by atoms with Gasteiger partial charge in [-0.1, -0.05) is 24.6 Å². The lowest BCUT2D eigenvalue weighted by Crippen LogP contribution is -2.37. The Hall–Kier alpha value is -1.81. The molecule has 21 heavy (non-hydrogen) atoms. The van der Waals surface area contributed by atoms with Crippen molar-refractivity contribution < 1.29 is 4.79 Å². The van der Waals surface area contributed by atoms with Crippen LogP contribution in [0.15, 0.2) is 11.4 Å². The SMILES string of the molecule is C[C@@H](Sc1ncc(C#N)c(N)n1)C(=O)N1CCCCCC1. The average molecular weight is 305 g/mol. The summed E-state index contributed by atoms with van der Waals surface area (Å²) in [5, 5.41) is 8.98. The van der Waals surface area contributed by atoms with E-state index >= 15 is 0 Å². The van der Waals surface area contributed by atoms with Crippen LogP contribution in [0.1, 0.15) is 38.2 Å². The lowest BCUT2D eigenvalue weighted by atomic mass is 10.2. The van der Waals surface area contributed by atoms with E-state index < -0.39 is 0 Å². The maximum Gasteiger partial charge on any atom is 0.235 e. The van der Waals surface area contributed by atoms with Gasteiger partial charge in [-0.2, -0.15) is 5.26 Å². The molecule has 0 unspecified atom stereocenters. The number of hydrogen-bond donors (Lipinski definition) is 1. The number of rotatable bonds is 3. The topological polar surface area (TPSA) is 95.9 Å². The Morgan fingerprint density at radius 1 is 1.43 bits per heavy atom. The van der Waals surface area contributed by atoms with Gasteiger partial charge >= 0.3 is 0 Å². The summed E-state index contributed by atoms with van der Waals surface area (Å²) in [6.45, 7) is 3.52. The number of nitrogens with zero attached hydrogens (tertiary/aromatic N) is 4. The third-order valence-corrected chi connectivity index (χ3v) is 4.43. The minimum atomic E-state index is -0.254. The number of anilines is 1. The largest absolute Gasteiger partial charge is 0.382 e. The van der Waals surface area contributed by atoms with Gasteiger partial charge < -0.3 is 10.6 Å². The van der Waals surface area contributed by atoms with Gasteiger partial charge in [0.15, 0.2) is 5.16 Å². The summed E-state index contributed by atoms with van der Waals surface area (Å²) in [6, 6.07) is 1.92. The van der Waals surface area contributed by atoms with Crippen molar-refractivity contribution in [1.82, 2.24) is 14.9 Å². The molecular formula is C14H19N5OS. The third kappa shape index (κ3) is 4.08. The molecule has 112 valence electrons. The molecule has 1 amide bonds. The molecule has 0 bridgehead atoms. The normalized spacial score (nSPS) is 16.9. The number of likely N-dealkylation sites (tertiary alicyclic amines) is 1. The van der Waals surface area contributed by atoms with Crippen molar-refractivity contribution in [2.24, 2.45) is 0 Å². The second kappa shape index (κ2) is 7.27. The summed E-state index contributed by atoms with van der Waals surface area (Å²) in [4.78, 5) is 22.5. The van der Waals surface area contributed by atoms with E-state index in [1.807, 2.05) is 17.9 Å². The van der Waals surface area contributed by atoms with Gasteiger partial charge in [0.1, 0.15) is 17.5 Å². The Kier molecular flexibility index (Phi) is 5.39. The maximum absolute atomic E-state index is 12.4. The number of carbonyl (C=O) groups excluding carboxylic acids is 1. The van der Waals surface area contributed by atoms with Gasteiger partial charge in [-0.3, -0.25) is 4.79 Å². The molecule has 1 aromatic rings. The highest BCUT2D eigenvalue weighted by molar-refractivity contribution is 8.00. The van der Waals surface area contributed by atoms with Gasteiger partial charge in [0.2, 0.25) is 5.91 Å². The summed E-state index contributed by atoms with van der Waals surface area (Å²) in [6.07, 6.45) is 5.93. The van der Waals surface area contributed by atoms with Crippen LogP contribution in [0.2, 0.25) is 0 Å². The van der Waals surface area contributed by atoms with Crippen molar-refractivity contribution in [2.75, 3.05) is 18.8 Å². The van der Waals surface area contributed by atoms with Gasteiger partial charge in [0.05, 0.1) is 11.4 Å². The van der Waals surface area contributed by atoms with Crippen LogP contribution in [0, 0.1) is 11.3 Å². The fourth-order valence-corrected chi connectivity index (χ4v) is 3.11. The predicted octanol–water partition coefficient (Wildman–Crippen LogP) is 1.81. The fraction of sp³-hybridized carbons (Fsp3) is 0.571. The van der Waals surface area contributed by atoms with Crippen LogP contribution in [-0.2, 0) is 4.79 Å². The Morgan fingerprint density at radius 2 is 2.10 bits per heavy atom. The van der Waals surface area contributed by atoms with E-state index in [1.165, 1.54) is 30.8 Å². The summed E-state index contributed by atoms with van der Waals surface area (Å²) in [5.41, 5.74) is 5.92.